The second-order valence-corrected chi connectivity index (χ2v) is 4.32. The molecule has 0 saturated carbocycles. The van der Waals surface area contributed by atoms with Gasteiger partial charge in [-0.15, -0.1) is 0 Å². The largest absolute Gasteiger partial charge is 0.481 e. The van der Waals surface area contributed by atoms with Crippen molar-refractivity contribution in [3.8, 4) is 5.88 Å². The molecule has 0 bridgehead atoms. The van der Waals surface area contributed by atoms with Crippen molar-refractivity contribution in [2.75, 3.05) is 7.11 Å². The van der Waals surface area contributed by atoms with E-state index in [-0.39, 0.29) is 12.2 Å². The first-order valence-corrected chi connectivity index (χ1v) is 6.38. The number of pyridine rings is 1. The first-order valence-electron chi connectivity index (χ1n) is 6.38. The van der Waals surface area contributed by atoms with Gasteiger partial charge in [0.1, 0.15) is 0 Å². The minimum absolute atomic E-state index is 0.0633. The van der Waals surface area contributed by atoms with Gasteiger partial charge in [0.25, 0.3) is 0 Å². The van der Waals surface area contributed by atoms with Crippen LogP contribution in [-0.4, -0.2) is 29.0 Å². The first kappa shape index (κ1) is 15.1. The van der Waals surface area contributed by atoms with E-state index in [1.165, 1.54) is 13.3 Å². The standard InChI is InChI=1S/C14H19NO4/c1-19-13-9-8-11(10-15-13)12(16)6-4-2-3-5-7-14(17)18/h8-10H,2-7H2,1H3,(H,17,18). The summed E-state index contributed by atoms with van der Waals surface area (Å²) < 4.78 is 4.92. The van der Waals surface area contributed by atoms with Gasteiger partial charge in [0.15, 0.2) is 5.78 Å². The number of carboxylic acids is 1. The molecular formula is C14H19NO4. The fraction of sp³-hybridized carbons (Fsp3) is 0.500. The first-order chi connectivity index (χ1) is 9.13. The Labute approximate surface area is 112 Å². The number of carboxylic acid groups (broad SMARTS) is 1. The SMILES string of the molecule is COc1ccc(C(=O)CCCCCCC(=O)O)cn1. The maximum Gasteiger partial charge on any atom is 0.303 e. The number of nitrogens with zero attached hydrogens (tertiary/aromatic N) is 1. The van der Waals surface area contributed by atoms with Gasteiger partial charge >= 0.3 is 5.97 Å². The van der Waals surface area contributed by atoms with Crippen LogP contribution in [-0.2, 0) is 4.79 Å². The van der Waals surface area contributed by atoms with Crippen LogP contribution in [0.1, 0.15) is 48.9 Å². The summed E-state index contributed by atoms with van der Waals surface area (Å²) in [6.45, 7) is 0. The van der Waals surface area contributed by atoms with Crippen molar-refractivity contribution in [1.82, 2.24) is 4.98 Å². The van der Waals surface area contributed by atoms with Crippen LogP contribution < -0.4 is 4.74 Å². The smallest absolute Gasteiger partial charge is 0.303 e. The van der Waals surface area contributed by atoms with Crippen LogP contribution >= 0.6 is 0 Å². The van der Waals surface area contributed by atoms with Gasteiger partial charge in [-0.2, -0.15) is 0 Å². The number of rotatable bonds is 9. The molecule has 0 radical (unpaired) electrons. The highest BCUT2D eigenvalue weighted by Crippen LogP contribution is 2.12. The number of methoxy groups -OCH3 is 1. The number of aromatic nitrogens is 1. The summed E-state index contributed by atoms with van der Waals surface area (Å²) in [6, 6.07) is 3.37. The van der Waals surface area contributed by atoms with Gasteiger partial charge < -0.3 is 9.84 Å². The maximum absolute atomic E-state index is 11.8. The molecular weight excluding hydrogens is 246 g/mol. The lowest BCUT2D eigenvalue weighted by molar-refractivity contribution is -0.137. The summed E-state index contributed by atoms with van der Waals surface area (Å²) >= 11 is 0. The van der Waals surface area contributed by atoms with E-state index in [0.29, 0.717) is 24.3 Å². The summed E-state index contributed by atoms with van der Waals surface area (Å²) in [5.74, 6) is -0.209. The van der Waals surface area contributed by atoms with Crippen molar-refractivity contribution >= 4 is 11.8 Å². The monoisotopic (exact) mass is 265 g/mol. The van der Waals surface area contributed by atoms with Gasteiger partial charge in [-0.05, 0) is 18.9 Å². The summed E-state index contributed by atoms with van der Waals surface area (Å²) in [5, 5.41) is 8.48. The van der Waals surface area contributed by atoms with Crippen LogP contribution in [0.5, 0.6) is 5.88 Å². The molecule has 0 spiro atoms. The Morgan fingerprint density at radius 2 is 1.84 bits per heavy atom. The summed E-state index contributed by atoms with van der Waals surface area (Å²) in [6.07, 6.45) is 5.38. The van der Waals surface area contributed by atoms with E-state index in [2.05, 4.69) is 4.98 Å². The van der Waals surface area contributed by atoms with Crippen molar-refractivity contribution in [2.24, 2.45) is 0 Å². The molecule has 1 aromatic heterocycles. The number of hydrogen-bond donors (Lipinski definition) is 1. The van der Waals surface area contributed by atoms with Gasteiger partial charge in [0.05, 0.1) is 7.11 Å². The molecule has 0 atom stereocenters. The van der Waals surface area contributed by atoms with Crippen molar-refractivity contribution < 1.29 is 19.4 Å². The number of carbonyl (C=O) groups excluding carboxylic acids is 1. The summed E-state index contributed by atoms with van der Waals surface area (Å²) in [7, 11) is 1.53. The minimum atomic E-state index is -0.764. The van der Waals surface area contributed by atoms with E-state index < -0.39 is 5.97 Å². The zero-order valence-corrected chi connectivity index (χ0v) is 11.1. The molecule has 5 heteroatoms. The fourth-order valence-electron chi connectivity index (χ4n) is 1.73. The Bertz CT molecular complexity index is 414. The third-order valence-electron chi connectivity index (χ3n) is 2.81. The van der Waals surface area contributed by atoms with Crippen LogP contribution in [0.25, 0.3) is 0 Å². The van der Waals surface area contributed by atoms with Gasteiger partial charge in [-0.1, -0.05) is 12.8 Å². The number of hydrogen-bond acceptors (Lipinski definition) is 4. The molecule has 104 valence electrons. The highest BCUT2D eigenvalue weighted by atomic mass is 16.5. The van der Waals surface area contributed by atoms with Crippen molar-refractivity contribution in [2.45, 2.75) is 38.5 Å². The van der Waals surface area contributed by atoms with Crippen molar-refractivity contribution in [1.29, 1.82) is 0 Å². The molecule has 0 aromatic carbocycles. The zero-order chi connectivity index (χ0) is 14.1. The fourth-order valence-corrected chi connectivity index (χ4v) is 1.73. The number of aliphatic carboxylic acids is 1. The van der Waals surface area contributed by atoms with Crippen LogP contribution in [0.3, 0.4) is 0 Å². The molecule has 0 aliphatic carbocycles. The van der Waals surface area contributed by atoms with E-state index in [1.807, 2.05) is 0 Å². The van der Waals surface area contributed by atoms with Gasteiger partial charge in [-0.25, -0.2) is 4.98 Å². The zero-order valence-electron chi connectivity index (χ0n) is 11.1. The lowest BCUT2D eigenvalue weighted by Crippen LogP contribution is -2.00. The average molecular weight is 265 g/mol. The third-order valence-corrected chi connectivity index (χ3v) is 2.81. The summed E-state index contributed by atoms with van der Waals surface area (Å²) in [4.78, 5) is 26.1. The molecule has 19 heavy (non-hydrogen) atoms. The van der Waals surface area contributed by atoms with E-state index in [1.54, 1.807) is 12.1 Å². The van der Waals surface area contributed by atoms with Crippen LogP contribution in [0.2, 0.25) is 0 Å². The highest BCUT2D eigenvalue weighted by molar-refractivity contribution is 5.95. The Morgan fingerprint density at radius 1 is 1.16 bits per heavy atom. The molecule has 0 aliphatic rings. The quantitative estimate of drug-likeness (QED) is 0.548. The second kappa shape index (κ2) is 8.24. The lowest BCUT2D eigenvalue weighted by atomic mass is 10.0. The molecule has 1 N–H and O–H groups in total. The van der Waals surface area contributed by atoms with Crippen molar-refractivity contribution in [3.63, 3.8) is 0 Å². The lowest BCUT2D eigenvalue weighted by Gasteiger charge is -2.02. The predicted molar refractivity (Wildman–Crippen MR) is 70.5 cm³/mol. The molecule has 5 nitrogen and oxygen atoms in total. The van der Waals surface area contributed by atoms with Crippen molar-refractivity contribution in [3.05, 3.63) is 23.9 Å². The molecule has 1 aromatic rings. The number of Topliss-reactive ketones (excluding diaryl/α,β-unsaturated/α-hetero) is 1. The number of ether oxygens (including phenoxy) is 1. The molecule has 0 saturated heterocycles. The van der Waals surface area contributed by atoms with E-state index in [0.717, 1.165) is 19.3 Å². The third kappa shape index (κ3) is 5.99. The van der Waals surface area contributed by atoms with E-state index >= 15 is 0 Å². The predicted octanol–water partition coefficient (Wildman–Crippen LogP) is 2.70. The Hall–Kier alpha value is -1.91. The van der Waals surface area contributed by atoms with Crippen LogP contribution in [0.15, 0.2) is 18.3 Å². The minimum Gasteiger partial charge on any atom is -0.481 e. The van der Waals surface area contributed by atoms with Crippen LogP contribution in [0.4, 0.5) is 0 Å². The molecule has 0 fully saturated rings. The maximum atomic E-state index is 11.8. The second-order valence-electron chi connectivity index (χ2n) is 4.32. The Morgan fingerprint density at radius 3 is 2.37 bits per heavy atom. The number of carbonyl (C=O) groups is 2. The highest BCUT2D eigenvalue weighted by Gasteiger charge is 2.06. The summed E-state index contributed by atoms with van der Waals surface area (Å²) in [5.41, 5.74) is 0.589. The Balaban J connectivity index is 2.21. The number of unbranched alkanes of at least 4 members (excludes halogenated alkanes) is 3. The van der Waals surface area contributed by atoms with Crippen LogP contribution in [0, 0.1) is 0 Å². The molecule has 0 unspecified atom stereocenters. The molecule has 0 amide bonds. The molecule has 0 aliphatic heterocycles. The Kier molecular flexibility index (Phi) is 6.57. The van der Waals surface area contributed by atoms with Gasteiger partial charge in [0.2, 0.25) is 5.88 Å². The average Bonchev–Trinajstić information content (AvgIpc) is 2.42. The normalized spacial score (nSPS) is 10.2. The van der Waals surface area contributed by atoms with Gasteiger partial charge in [0, 0.05) is 30.7 Å². The molecule has 1 heterocycles. The molecule has 1 rings (SSSR count). The number of ketones is 1. The van der Waals surface area contributed by atoms with Gasteiger partial charge in [-0.3, -0.25) is 9.59 Å². The topological polar surface area (TPSA) is 76.5 Å². The van der Waals surface area contributed by atoms with E-state index in [9.17, 15) is 9.59 Å². The van der Waals surface area contributed by atoms with E-state index in [4.69, 9.17) is 9.84 Å².